The summed E-state index contributed by atoms with van der Waals surface area (Å²) in [4.78, 5) is 0. The number of benzene rings is 1. The summed E-state index contributed by atoms with van der Waals surface area (Å²) in [7, 11) is 0. The molecule has 2 N–H and O–H groups in total. The summed E-state index contributed by atoms with van der Waals surface area (Å²) < 4.78 is 1.87. The van der Waals surface area contributed by atoms with Crippen LogP contribution in [-0.2, 0) is 0 Å². The molecule has 0 aliphatic carbocycles. The zero-order valence-electron chi connectivity index (χ0n) is 10.0. The normalized spacial score (nSPS) is 12.6. The first-order chi connectivity index (χ1) is 8.13. The maximum atomic E-state index is 6.02. The molecule has 1 aromatic heterocycles. The predicted molar refractivity (Wildman–Crippen MR) is 71.3 cm³/mol. The first kappa shape index (κ1) is 12.0. The van der Waals surface area contributed by atoms with Gasteiger partial charge in [-0.05, 0) is 31.0 Å². The van der Waals surface area contributed by atoms with Gasteiger partial charge in [0.15, 0.2) is 0 Å². The number of anilines is 1. The van der Waals surface area contributed by atoms with E-state index < -0.39 is 0 Å². The second kappa shape index (κ2) is 4.80. The van der Waals surface area contributed by atoms with Crippen LogP contribution in [0.4, 0.5) is 5.82 Å². The zero-order valence-corrected chi connectivity index (χ0v) is 10.8. The fraction of sp³-hybridized carbons (Fsp3) is 0.308. The van der Waals surface area contributed by atoms with E-state index in [9.17, 15) is 0 Å². The lowest BCUT2D eigenvalue weighted by atomic mass is 10.0. The van der Waals surface area contributed by atoms with Gasteiger partial charge in [0.2, 0.25) is 0 Å². The Hall–Kier alpha value is -1.48. The number of nitrogens with two attached hydrogens (primary N) is 1. The molecule has 3 nitrogen and oxygen atoms in total. The maximum absolute atomic E-state index is 6.02. The van der Waals surface area contributed by atoms with Crippen molar-refractivity contribution in [2.75, 3.05) is 5.73 Å². The van der Waals surface area contributed by atoms with Crippen molar-refractivity contribution in [3.8, 4) is 0 Å². The number of aryl methyl sites for hydroxylation is 1. The largest absolute Gasteiger partial charge is 0.384 e. The van der Waals surface area contributed by atoms with Gasteiger partial charge >= 0.3 is 0 Å². The highest BCUT2D eigenvalue weighted by Gasteiger charge is 2.15. The fourth-order valence-corrected chi connectivity index (χ4v) is 2.07. The number of nitrogen functional groups attached to an aromatic ring is 1. The predicted octanol–water partition coefficient (Wildman–Crippen LogP) is 3.43. The third-order valence-corrected chi connectivity index (χ3v) is 3.22. The molecule has 0 radical (unpaired) electrons. The van der Waals surface area contributed by atoms with Gasteiger partial charge in [0.05, 0.1) is 12.2 Å². The SMILES string of the molecule is CCC(c1ccc(Cl)cc1)n1ncc(C)c1N. The average molecular weight is 250 g/mol. The summed E-state index contributed by atoms with van der Waals surface area (Å²) >= 11 is 5.89. The topological polar surface area (TPSA) is 43.8 Å². The molecule has 1 aromatic carbocycles. The smallest absolute Gasteiger partial charge is 0.125 e. The van der Waals surface area contributed by atoms with Crippen LogP contribution in [0.5, 0.6) is 0 Å². The summed E-state index contributed by atoms with van der Waals surface area (Å²) in [5.74, 6) is 0.729. The van der Waals surface area contributed by atoms with Crippen molar-refractivity contribution in [3.63, 3.8) is 0 Å². The van der Waals surface area contributed by atoms with E-state index in [4.69, 9.17) is 17.3 Å². The van der Waals surface area contributed by atoms with E-state index in [1.165, 1.54) is 5.56 Å². The Balaban J connectivity index is 2.40. The van der Waals surface area contributed by atoms with Gasteiger partial charge < -0.3 is 5.73 Å². The van der Waals surface area contributed by atoms with Crippen molar-refractivity contribution in [2.24, 2.45) is 0 Å². The first-order valence-electron chi connectivity index (χ1n) is 5.68. The van der Waals surface area contributed by atoms with Crippen LogP contribution in [0.1, 0.15) is 30.5 Å². The molecule has 17 heavy (non-hydrogen) atoms. The number of hydrogen-bond donors (Lipinski definition) is 1. The molecule has 0 amide bonds. The standard InChI is InChI=1S/C13H16ClN3/c1-3-12(10-4-6-11(14)7-5-10)17-13(15)9(2)8-16-17/h4-8,12H,3,15H2,1-2H3. The summed E-state index contributed by atoms with van der Waals surface area (Å²) in [6.45, 7) is 4.09. The van der Waals surface area contributed by atoms with Crippen molar-refractivity contribution >= 4 is 17.4 Å². The van der Waals surface area contributed by atoms with Crippen LogP contribution in [0.25, 0.3) is 0 Å². The van der Waals surface area contributed by atoms with Gasteiger partial charge in [-0.2, -0.15) is 5.10 Å². The van der Waals surface area contributed by atoms with Crippen LogP contribution in [0, 0.1) is 6.92 Å². The van der Waals surface area contributed by atoms with E-state index in [0.717, 1.165) is 22.8 Å². The van der Waals surface area contributed by atoms with Crippen LogP contribution in [0.2, 0.25) is 5.02 Å². The summed E-state index contributed by atoms with van der Waals surface area (Å²) in [5.41, 5.74) is 8.21. The molecule has 1 unspecified atom stereocenters. The minimum Gasteiger partial charge on any atom is -0.384 e. The maximum Gasteiger partial charge on any atom is 0.125 e. The van der Waals surface area contributed by atoms with Gasteiger partial charge in [-0.1, -0.05) is 30.7 Å². The molecule has 2 rings (SSSR count). The molecular weight excluding hydrogens is 234 g/mol. The molecule has 0 fully saturated rings. The summed E-state index contributed by atoms with van der Waals surface area (Å²) in [6.07, 6.45) is 2.74. The first-order valence-corrected chi connectivity index (χ1v) is 6.06. The second-order valence-electron chi connectivity index (χ2n) is 4.13. The van der Waals surface area contributed by atoms with Gasteiger partial charge in [0.1, 0.15) is 5.82 Å². The van der Waals surface area contributed by atoms with Gasteiger partial charge in [-0.25, -0.2) is 4.68 Å². The van der Waals surface area contributed by atoms with Crippen molar-refractivity contribution in [3.05, 3.63) is 46.6 Å². The Morgan fingerprint density at radius 3 is 2.47 bits per heavy atom. The number of hydrogen-bond acceptors (Lipinski definition) is 2. The molecule has 0 aliphatic rings. The highest BCUT2D eigenvalue weighted by atomic mass is 35.5. The van der Waals surface area contributed by atoms with Gasteiger partial charge in [-0.3, -0.25) is 0 Å². The number of nitrogens with zero attached hydrogens (tertiary/aromatic N) is 2. The fourth-order valence-electron chi connectivity index (χ4n) is 1.94. The Morgan fingerprint density at radius 2 is 2.00 bits per heavy atom. The Labute approximate surface area is 106 Å². The third kappa shape index (κ3) is 2.29. The molecule has 90 valence electrons. The van der Waals surface area contributed by atoms with E-state index in [-0.39, 0.29) is 6.04 Å². The van der Waals surface area contributed by atoms with Crippen LogP contribution >= 0.6 is 11.6 Å². The Bertz CT molecular complexity index is 502. The van der Waals surface area contributed by atoms with Crippen molar-refractivity contribution in [1.82, 2.24) is 9.78 Å². The molecular formula is C13H16ClN3. The Kier molecular flexibility index (Phi) is 3.38. The van der Waals surface area contributed by atoms with Crippen molar-refractivity contribution in [2.45, 2.75) is 26.3 Å². The highest BCUT2D eigenvalue weighted by Crippen LogP contribution is 2.26. The third-order valence-electron chi connectivity index (χ3n) is 2.96. The van der Waals surface area contributed by atoms with Gasteiger partial charge in [-0.15, -0.1) is 0 Å². The molecule has 2 aromatic rings. The molecule has 4 heteroatoms. The molecule has 0 spiro atoms. The van der Waals surface area contributed by atoms with Crippen LogP contribution in [-0.4, -0.2) is 9.78 Å². The second-order valence-corrected chi connectivity index (χ2v) is 4.57. The molecule has 0 bridgehead atoms. The summed E-state index contributed by atoms with van der Waals surface area (Å²) in [5, 5.41) is 5.09. The van der Waals surface area contributed by atoms with E-state index in [2.05, 4.69) is 12.0 Å². The van der Waals surface area contributed by atoms with Gasteiger partial charge in [0.25, 0.3) is 0 Å². The summed E-state index contributed by atoms with van der Waals surface area (Å²) in [6, 6.07) is 8.00. The van der Waals surface area contributed by atoms with E-state index >= 15 is 0 Å². The minimum atomic E-state index is 0.168. The van der Waals surface area contributed by atoms with E-state index in [0.29, 0.717) is 0 Å². The van der Waals surface area contributed by atoms with E-state index in [1.807, 2.05) is 35.9 Å². The zero-order chi connectivity index (χ0) is 12.4. The molecule has 0 saturated heterocycles. The lowest BCUT2D eigenvalue weighted by Gasteiger charge is -2.17. The number of aromatic nitrogens is 2. The molecule has 1 atom stereocenters. The average Bonchev–Trinajstić information content (AvgIpc) is 2.65. The lowest BCUT2D eigenvalue weighted by molar-refractivity contribution is 0.516. The molecule has 0 aliphatic heterocycles. The quantitative estimate of drug-likeness (QED) is 0.906. The van der Waals surface area contributed by atoms with Crippen LogP contribution < -0.4 is 5.73 Å². The highest BCUT2D eigenvalue weighted by molar-refractivity contribution is 6.30. The lowest BCUT2D eigenvalue weighted by Crippen LogP contribution is -2.14. The Morgan fingerprint density at radius 1 is 1.35 bits per heavy atom. The van der Waals surface area contributed by atoms with Crippen molar-refractivity contribution in [1.29, 1.82) is 0 Å². The van der Waals surface area contributed by atoms with Crippen molar-refractivity contribution < 1.29 is 0 Å². The number of halogens is 1. The molecule has 0 saturated carbocycles. The van der Waals surface area contributed by atoms with E-state index in [1.54, 1.807) is 6.20 Å². The van der Waals surface area contributed by atoms with Crippen LogP contribution in [0.15, 0.2) is 30.5 Å². The van der Waals surface area contributed by atoms with Gasteiger partial charge in [0, 0.05) is 10.6 Å². The van der Waals surface area contributed by atoms with Crippen LogP contribution in [0.3, 0.4) is 0 Å². The monoisotopic (exact) mass is 249 g/mol. The molecule has 1 heterocycles. The number of rotatable bonds is 3. The minimum absolute atomic E-state index is 0.168.